The minimum absolute atomic E-state index is 0.156. The van der Waals surface area contributed by atoms with Crippen LogP contribution in [0.15, 0.2) is 35.2 Å². The lowest BCUT2D eigenvalue weighted by Gasteiger charge is -2.21. The van der Waals surface area contributed by atoms with Crippen LogP contribution in [0.5, 0.6) is 0 Å². The fourth-order valence-electron chi connectivity index (χ4n) is 2.16. The predicted molar refractivity (Wildman–Crippen MR) is 72.0 cm³/mol. The number of carbonyl (C=O) groups excluding carboxylic acids is 1. The summed E-state index contributed by atoms with van der Waals surface area (Å²) in [5.74, 6) is -0.156. The smallest absolute Gasteiger partial charge is 0.241 e. The molecule has 6 heteroatoms. The maximum absolute atomic E-state index is 12.1. The molecule has 1 atom stereocenters. The van der Waals surface area contributed by atoms with Crippen LogP contribution in [-0.4, -0.2) is 38.4 Å². The van der Waals surface area contributed by atoms with Gasteiger partial charge in [-0.2, -0.15) is 4.72 Å². The quantitative estimate of drug-likeness (QED) is 0.895. The van der Waals surface area contributed by atoms with E-state index in [2.05, 4.69) is 4.72 Å². The third-order valence-electron chi connectivity index (χ3n) is 3.17. The highest BCUT2D eigenvalue weighted by atomic mass is 32.2. The molecule has 1 aromatic rings. The van der Waals surface area contributed by atoms with Gasteiger partial charge in [0.2, 0.25) is 15.9 Å². The Balaban J connectivity index is 2.06. The van der Waals surface area contributed by atoms with Crippen molar-refractivity contribution in [3.05, 3.63) is 30.3 Å². The fraction of sp³-hybridized carbons (Fsp3) is 0.462. The van der Waals surface area contributed by atoms with E-state index in [1.54, 1.807) is 30.0 Å². The predicted octanol–water partition coefficient (Wildman–Crippen LogP) is 0.976. The number of sulfonamides is 1. The average Bonchev–Trinajstić information content (AvgIpc) is 2.92. The van der Waals surface area contributed by atoms with Gasteiger partial charge < -0.3 is 4.90 Å². The van der Waals surface area contributed by atoms with Gasteiger partial charge in [0.1, 0.15) is 0 Å². The van der Waals surface area contributed by atoms with Gasteiger partial charge in [-0.1, -0.05) is 18.2 Å². The zero-order chi connectivity index (χ0) is 13.9. The Labute approximate surface area is 113 Å². The molecule has 1 aliphatic rings. The van der Waals surface area contributed by atoms with Crippen molar-refractivity contribution in [1.29, 1.82) is 0 Å². The summed E-state index contributed by atoms with van der Waals surface area (Å²) in [5, 5.41) is 0. The van der Waals surface area contributed by atoms with Crippen LogP contribution in [0.2, 0.25) is 0 Å². The molecule has 0 aromatic heterocycles. The van der Waals surface area contributed by atoms with Crippen LogP contribution < -0.4 is 4.72 Å². The number of hydrogen-bond donors (Lipinski definition) is 1. The minimum atomic E-state index is -3.63. The van der Waals surface area contributed by atoms with E-state index in [1.165, 1.54) is 12.1 Å². The molecule has 0 saturated carbocycles. The highest BCUT2D eigenvalue weighted by Crippen LogP contribution is 2.12. The molecule has 0 radical (unpaired) electrons. The number of likely N-dealkylation sites (tertiary alicyclic amines) is 1. The zero-order valence-corrected chi connectivity index (χ0v) is 11.7. The Kier molecular flexibility index (Phi) is 4.21. The van der Waals surface area contributed by atoms with E-state index in [9.17, 15) is 13.2 Å². The van der Waals surface area contributed by atoms with Crippen molar-refractivity contribution in [3.63, 3.8) is 0 Å². The first kappa shape index (κ1) is 14.0. The second-order valence-corrected chi connectivity index (χ2v) is 6.40. The van der Waals surface area contributed by atoms with Crippen molar-refractivity contribution in [2.45, 2.75) is 30.7 Å². The monoisotopic (exact) mass is 282 g/mol. The first-order valence-corrected chi connectivity index (χ1v) is 7.85. The maximum atomic E-state index is 12.1. The largest absolute Gasteiger partial charge is 0.341 e. The number of benzene rings is 1. The lowest BCUT2D eigenvalue weighted by atomic mass is 10.3. The lowest BCUT2D eigenvalue weighted by Crippen LogP contribution is -2.45. The second-order valence-electron chi connectivity index (χ2n) is 4.69. The van der Waals surface area contributed by atoms with Crippen molar-refractivity contribution < 1.29 is 13.2 Å². The van der Waals surface area contributed by atoms with Crippen LogP contribution in [0, 0.1) is 0 Å². The number of nitrogens with zero attached hydrogens (tertiary/aromatic N) is 1. The van der Waals surface area contributed by atoms with Crippen LogP contribution in [-0.2, 0) is 14.8 Å². The number of carbonyl (C=O) groups is 1. The van der Waals surface area contributed by atoms with Crippen LogP contribution in [0.1, 0.15) is 19.8 Å². The summed E-state index contributed by atoms with van der Waals surface area (Å²) in [6, 6.07) is 7.34. The van der Waals surface area contributed by atoms with Gasteiger partial charge in [0, 0.05) is 13.1 Å². The number of hydrogen-bond acceptors (Lipinski definition) is 3. The van der Waals surface area contributed by atoms with E-state index in [0.29, 0.717) is 0 Å². The highest BCUT2D eigenvalue weighted by molar-refractivity contribution is 7.89. The lowest BCUT2D eigenvalue weighted by molar-refractivity contribution is -0.131. The molecular weight excluding hydrogens is 264 g/mol. The Morgan fingerprint density at radius 2 is 1.79 bits per heavy atom. The molecule has 1 aliphatic heterocycles. The number of amides is 1. The SMILES string of the molecule is CC(NS(=O)(=O)c1ccccc1)C(=O)N1CCCC1. The van der Waals surface area contributed by atoms with Gasteiger partial charge in [0.15, 0.2) is 0 Å². The summed E-state index contributed by atoms with van der Waals surface area (Å²) in [4.78, 5) is 13.9. The summed E-state index contributed by atoms with van der Waals surface area (Å²) < 4.78 is 26.6. The summed E-state index contributed by atoms with van der Waals surface area (Å²) in [7, 11) is -3.63. The molecule has 1 N–H and O–H groups in total. The molecule has 1 fully saturated rings. The van der Waals surface area contributed by atoms with Gasteiger partial charge in [-0.15, -0.1) is 0 Å². The molecule has 1 aromatic carbocycles. The summed E-state index contributed by atoms with van der Waals surface area (Å²) in [5.41, 5.74) is 0. The van der Waals surface area contributed by atoms with Crippen LogP contribution >= 0.6 is 0 Å². The Morgan fingerprint density at radius 3 is 2.37 bits per heavy atom. The molecule has 1 amide bonds. The molecule has 0 bridgehead atoms. The number of nitrogens with one attached hydrogen (secondary N) is 1. The molecule has 1 unspecified atom stereocenters. The fourth-order valence-corrected chi connectivity index (χ4v) is 3.38. The standard InChI is InChI=1S/C13H18N2O3S/c1-11(13(16)15-9-5-6-10-15)14-19(17,18)12-7-3-2-4-8-12/h2-4,7-8,11,14H,5-6,9-10H2,1H3. The van der Waals surface area contributed by atoms with Gasteiger partial charge in [-0.25, -0.2) is 8.42 Å². The first-order chi connectivity index (χ1) is 9.00. The molecule has 5 nitrogen and oxygen atoms in total. The average molecular weight is 282 g/mol. The summed E-state index contributed by atoms with van der Waals surface area (Å²) in [6.07, 6.45) is 1.98. The molecule has 19 heavy (non-hydrogen) atoms. The molecule has 2 rings (SSSR count). The van der Waals surface area contributed by atoms with Crippen molar-refractivity contribution in [2.75, 3.05) is 13.1 Å². The normalized spacial score (nSPS) is 17.4. The Hall–Kier alpha value is -1.40. The van der Waals surface area contributed by atoms with Crippen molar-refractivity contribution in [3.8, 4) is 0 Å². The van der Waals surface area contributed by atoms with Crippen LogP contribution in [0.25, 0.3) is 0 Å². The molecular formula is C13H18N2O3S. The van der Waals surface area contributed by atoms with Gasteiger partial charge in [0.25, 0.3) is 0 Å². The Bertz CT molecular complexity index is 536. The van der Waals surface area contributed by atoms with E-state index in [0.717, 1.165) is 25.9 Å². The number of rotatable bonds is 4. The van der Waals surface area contributed by atoms with Crippen LogP contribution in [0.3, 0.4) is 0 Å². The Morgan fingerprint density at radius 1 is 1.21 bits per heavy atom. The van der Waals surface area contributed by atoms with Gasteiger partial charge >= 0.3 is 0 Å². The summed E-state index contributed by atoms with van der Waals surface area (Å²) in [6.45, 7) is 3.02. The van der Waals surface area contributed by atoms with Crippen molar-refractivity contribution >= 4 is 15.9 Å². The van der Waals surface area contributed by atoms with Crippen molar-refractivity contribution in [2.24, 2.45) is 0 Å². The first-order valence-electron chi connectivity index (χ1n) is 6.37. The van der Waals surface area contributed by atoms with Crippen LogP contribution in [0.4, 0.5) is 0 Å². The van der Waals surface area contributed by atoms with Gasteiger partial charge in [-0.05, 0) is 31.9 Å². The molecule has 104 valence electrons. The molecule has 0 spiro atoms. The third kappa shape index (κ3) is 3.33. The molecule has 1 heterocycles. The van der Waals surface area contributed by atoms with E-state index in [-0.39, 0.29) is 10.8 Å². The topological polar surface area (TPSA) is 66.5 Å². The van der Waals surface area contributed by atoms with E-state index < -0.39 is 16.1 Å². The highest BCUT2D eigenvalue weighted by Gasteiger charge is 2.27. The van der Waals surface area contributed by atoms with E-state index >= 15 is 0 Å². The second kappa shape index (κ2) is 5.71. The van der Waals surface area contributed by atoms with Crippen molar-refractivity contribution in [1.82, 2.24) is 9.62 Å². The minimum Gasteiger partial charge on any atom is -0.341 e. The zero-order valence-electron chi connectivity index (χ0n) is 10.9. The third-order valence-corrected chi connectivity index (χ3v) is 4.73. The van der Waals surface area contributed by atoms with Gasteiger partial charge in [0.05, 0.1) is 10.9 Å². The molecule has 1 saturated heterocycles. The van der Waals surface area contributed by atoms with E-state index in [4.69, 9.17) is 0 Å². The van der Waals surface area contributed by atoms with Gasteiger partial charge in [-0.3, -0.25) is 4.79 Å². The molecule has 0 aliphatic carbocycles. The maximum Gasteiger partial charge on any atom is 0.241 e. The van der Waals surface area contributed by atoms with E-state index in [1.807, 2.05) is 0 Å². The summed E-state index contributed by atoms with van der Waals surface area (Å²) >= 11 is 0.